The number of thioether (sulfide) groups is 1. The SMILES string of the molecule is CN1C(=O)C[C@H](C(=O)Nc2ccc(I)cc2)SC1=Nc1ccccc1. The molecule has 0 radical (unpaired) electrons. The smallest absolute Gasteiger partial charge is 0.238 e. The highest BCUT2D eigenvalue weighted by Crippen LogP contribution is 2.29. The van der Waals surface area contributed by atoms with E-state index in [1.807, 2.05) is 54.6 Å². The van der Waals surface area contributed by atoms with Gasteiger partial charge in [0.15, 0.2) is 5.17 Å². The number of nitrogens with one attached hydrogen (secondary N) is 1. The van der Waals surface area contributed by atoms with Crippen LogP contribution in [0.25, 0.3) is 0 Å². The molecule has 2 aromatic rings. The van der Waals surface area contributed by atoms with E-state index in [1.54, 1.807) is 7.05 Å². The number of rotatable bonds is 3. The van der Waals surface area contributed by atoms with Crippen molar-refractivity contribution in [3.8, 4) is 0 Å². The highest BCUT2D eigenvalue weighted by molar-refractivity contribution is 14.1. The summed E-state index contributed by atoms with van der Waals surface area (Å²) in [5, 5.41) is 2.91. The summed E-state index contributed by atoms with van der Waals surface area (Å²) in [6.45, 7) is 0. The summed E-state index contributed by atoms with van der Waals surface area (Å²) in [5.41, 5.74) is 1.47. The Bertz CT molecular complexity index is 809. The molecule has 0 aromatic heterocycles. The summed E-state index contributed by atoms with van der Waals surface area (Å²) in [7, 11) is 1.68. The number of amides is 2. The second-order valence-electron chi connectivity index (χ2n) is 5.49. The van der Waals surface area contributed by atoms with Gasteiger partial charge < -0.3 is 5.32 Å². The van der Waals surface area contributed by atoms with E-state index in [0.717, 1.165) is 14.9 Å². The molecule has 1 atom stereocenters. The Hall–Kier alpha value is -1.87. The number of hydrogen-bond acceptors (Lipinski definition) is 4. The lowest BCUT2D eigenvalue weighted by atomic mass is 10.2. The van der Waals surface area contributed by atoms with Crippen molar-refractivity contribution in [3.05, 3.63) is 58.2 Å². The molecule has 2 amide bonds. The fourth-order valence-corrected chi connectivity index (χ4v) is 3.69. The molecular weight excluding hydrogens is 449 g/mol. The number of anilines is 1. The minimum atomic E-state index is -0.495. The molecule has 0 saturated carbocycles. The van der Waals surface area contributed by atoms with Crippen molar-refractivity contribution < 1.29 is 9.59 Å². The summed E-state index contributed by atoms with van der Waals surface area (Å²) < 4.78 is 1.09. The third kappa shape index (κ3) is 4.60. The Morgan fingerprint density at radius 1 is 1.20 bits per heavy atom. The number of halogens is 1. The lowest BCUT2D eigenvalue weighted by molar-refractivity contribution is -0.128. The molecule has 1 N–H and O–H groups in total. The van der Waals surface area contributed by atoms with Gasteiger partial charge in [0.2, 0.25) is 11.8 Å². The number of aliphatic imine (C=N–C) groups is 1. The van der Waals surface area contributed by atoms with E-state index in [0.29, 0.717) is 5.17 Å². The van der Waals surface area contributed by atoms with Gasteiger partial charge in [-0.1, -0.05) is 30.0 Å². The van der Waals surface area contributed by atoms with Gasteiger partial charge in [-0.25, -0.2) is 4.99 Å². The molecule has 1 aliphatic heterocycles. The van der Waals surface area contributed by atoms with Crippen LogP contribution in [0.4, 0.5) is 11.4 Å². The van der Waals surface area contributed by atoms with Crippen LogP contribution < -0.4 is 5.32 Å². The summed E-state index contributed by atoms with van der Waals surface area (Å²) in [5.74, 6) is -0.301. The first-order chi connectivity index (χ1) is 12.0. The summed E-state index contributed by atoms with van der Waals surface area (Å²) >= 11 is 3.52. The van der Waals surface area contributed by atoms with Gasteiger partial charge in [0.1, 0.15) is 5.25 Å². The highest BCUT2D eigenvalue weighted by atomic mass is 127. The highest BCUT2D eigenvalue weighted by Gasteiger charge is 2.34. The molecule has 128 valence electrons. The molecule has 1 fully saturated rings. The van der Waals surface area contributed by atoms with Gasteiger partial charge in [-0.2, -0.15) is 0 Å². The maximum Gasteiger partial charge on any atom is 0.238 e. The Morgan fingerprint density at radius 3 is 2.56 bits per heavy atom. The van der Waals surface area contributed by atoms with Crippen molar-refractivity contribution >= 4 is 62.7 Å². The van der Waals surface area contributed by atoms with E-state index < -0.39 is 5.25 Å². The standard InChI is InChI=1S/C18H16IN3O2S/c1-22-16(23)11-15(17(24)20-14-9-7-12(19)8-10-14)25-18(22)21-13-5-3-2-4-6-13/h2-10,15H,11H2,1H3,(H,20,24)/t15-/m1/s1. The number of amidine groups is 1. The van der Waals surface area contributed by atoms with Gasteiger partial charge in [-0.15, -0.1) is 0 Å². The molecule has 1 saturated heterocycles. The number of carbonyl (C=O) groups excluding carboxylic acids is 2. The van der Waals surface area contributed by atoms with Gasteiger partial charge in [0.25, 0.3) is 0 Å². The van der Waals surface area contributed by atoms with Crippen LogP contribution in [0.1, 0.15) is 6.42 Å². The number of carbonyl (C=O) groups is 2. The van der Waals surface area contributed by atoms with Crippen LogP contribution in [0.2, 0.25) is 0 Å². The van der Waals surface area contributed by atoms with E-state index in [4.69, 9.17) is 0 Å². The number of hydrogen-bond donors (Lipinski definition) is 1. The zero-order valence-corrected chi connectivity index (χ0v) is 16.5. The molecule has 1 heterocycles. The van der Waals surface area contributed by atoms with Crippen molar-refractivity contribution in [3.63, 3.8) is 0 Å². The summed E-state index contributed by atoms with van der Waals surface area (Å²) in [4.78, 5) is 30.8. The van der Waals surface area contributed by atoms with Crippen LogP contribution in [0, 0.1) is 3.57 Å². The average molecular weight is 465 g/mol. The minimum Gasteiger partial charge on any atom is -0.325 e. The van der Waals surface area contributed by atoms with E-state index in [-0.39, 0.29) is 18.2 Å². The van der Waals surface area contributed by atoms with Gasteiger partial charge in [0.05, 0.1) is 5.69 Å². The second kappa shape index (κ2) is 8.01. The molecule has 7 heteroatoms. The third-order valence-corrected chi connectivity index (χ3v) is 5.61. The topological polar surface area (TPSA) is 61.8 Å². The maximum atomic E-state index is 12.5. The van der Waals surface area contributed by atoms with Crippen molar-refractivity contribution in [2.24, 2.45) is 4.99 Å². The predicted octanol–water partition coefficient (Wildman–Crippen LogP) is 3.88. The zero-order chi connectivity index (χ0) is 17.8. The van der Waals surface area contributed by atoms with E-state index >= 15 is 0 Å². The Morgan fingerprint density at radius 2 is 1.88 bits per heavy atom. The molecule has 5 nitrogen and oxygen atoms in total. The van der Waals surface area contributed by atoms with E-state index in [1.165, 1.54) is 16.7 Å². The van der Waals surface area contributed by atoms with Crippen molar-refractivity contribution in [1.29, 1.82) is 0 Å². The largest absolute Gasteiger partial charge is 0.325 e. The van der Waals surface area contributed by atoms with Crippen LogP contribution >= 0.6 is 34.4 Å². The predicted molar refractivity (Wildman–Crippen MR) is 110 cm³/mol. The minimum absolute atomic E-state index is 0.115. The number of para-hydroxylation sites is 1. The van der Waals surface area contributed by atoms with Crippen molar-refractivity contribution in [1.82, 2.24) is 4.90 Å². The summed E-state index contributed by atoms with van der Waals surface area (Å²) in [6.07, 6.45) is 0.158. The van der Waals surface area contributed by atoms with Gasteiger partial charge >= 0.3 is 0 Å². The van der Waals surface area contributed by atoms with E-state index in [9.17, 15) is 9.59 Å². The van der Waals surface area contributed by atoms with Crippen molar-refractivity contribution in [2.75, 3.05) is 12.4 Å². The van der Waals surface area contributed by atoms with Gasteiger partial charge in [-0.3, -0.25) is 14.5 Å². The van der Waals surface area contributed by atoms with Crippen LogP contribution in [-0.2, 0) is 9.59 Å². The monoisotopic (exact) mass is 465 g/mol. The van der Waals surface area contributed by atoms with Crippen LogP contribution in [0.3, 0.4) is 0 Å². The first-order valence-electron chi connectivity index (χ1n) is 7.66. The van der Waals surface area contributed by atoms with Gasteiger partial charge in [0, 0.05) is 22.7 Å². The Kier molecular flexibility index (Phi) is 5.74. The fourth-order valence-electron chi connectivity index (χ4n) is 2.27. The Labute approximate surface area is 164 Å². The molecule has 0 bridgehead atoms. The zero-order valence-electron chi connectivity index (χ0n) is 13.5. The average Bonchev–Trinajstić information content (AvgIpc) is 2.61. The van der Waals surface area contributed by atoms with Crippen LogP contribution in [0.15, 0.2) is 59.6 Å². The van der Waals surface area contributed by atoms with Gasteiger partial charge in [-0.05, 0) is 59.0 Å². The molecule has 3 rings (SSSR count). The maximum absolute atomic E-state index is 12.5. The molecule has 25 heavy (non-hydrogen) atoms. The second-order valence-corrected chi connectivity index (χ2v) is 7.90. The lowest BCUT2D eigenvalue weighted by Gasteiger charge is -2.28. The lowest BCUT2D eigenvalue weighted by Crippen LogP contribution is -2.43. The molecule has 0 unspecified atom stereocenters. The summed E-state index contributed by atoms with van der Waals surface area (Å²) in [6, 6.07) is 16.9. The van der Waals surface area contributed by atoms with E-state index in [2.05, 4.69) is 32.9 Å². The molecule has 0 aliphatic carbocycles. The van der Waals surface area contributed by atoms with Crippen molar-refractivity contribution in [2.45, 2.75) is 11.7 Å². The van der Waals surface area contributed by atoms with Crippen LogP contribution in [-0.4, -0.2) is 34.2 Å². The molecule has 2 aromatic carbocycles. The molecule has 1 aliphatic rings. The third-order valence-electron chi connectivity index (χ3n) is 3.65. The number of nitrogens with zero attached hydrogens (tertiary/aromatic N) is 2. The fraction of sp³-hybridized carbons (Fsp3) is 0.167. The first kappa shape index (κ1) is 17.9. The molecule has 0 spiro atoms. The van der Waals surface area contributed by atoms with Crippen LogP contribution in [0.5, 0.6) is 0 Å². The Balaban J connectivity index is 1.76. The quantitative estimate of drug-likeness (QED) is 0.701. The molecular formula is C18H16IN3O2S. The first-order valence-corrected chi connectivity index (χ1v) is 9.62. The normalized spacial score (nSPS) is 19.1. The number of benzene rings is 2.